The lowest BCUT2D eigenvalue weighted by Crippen LogP contribution is -2.50. The zero-order valence-electron chi connectivity index (χ0n) is 10.8. The Morgan fingerprint density at radius 1 is 1.39 bits per heavy atom. The molecular formula is C14H19NO3. The molecule has 1 aromatic rings. The molecule has 4 heteroatoms. The normalized spacial score (nSPS) is 23.8. The number of carbonyl (C=O) groups is 1. The molecule has 98 valence electrons. The number of ether oxygens (including phenoxy) is 2. The minimum Gasteiger partial charge on any atom is -0.445 e. The van der Waals surface area contributed by atoms with Gasteiger partial charge >= 0.3 is 6.09 Å². The summed E-state index contributed by atoms with van der Waals surface area (Å²) in [6, 6.07) is 9.77. The summed E-state index contributed by atoms with van der Waals surface area (Å²) in [6.07, 6.45) is -0.188. The fourth-order valence-corrected chi connectivity index (χ4v) is 1.96. The van der Waals surface area contributed by atoms with Gasteiger partial charge in [0.15, 0.2) is 0 Å². The summed E-state index contributed by atoms with van der Waals surface area (Å²) in [6.45, 7) is 5.41. The molecule has 1 aromatic carbocycles. The maximum atomic E-state index is 12.0. The van der Waals surface area contributed by atoms with Crippen LogP contribution in [0.5, 0.6) is 0 Å². The number of carbonyl (C=O) groups excluding carboxylic acids is 1. The van der Waals surface area contributed by atoms with Gasteiger partial charge in [0.1, 0.15) is 6.61 Å². The first-order valence-corrected chi connectivity index (χ1v) is 6.25. The fourth-order valence-electron chi connectivity index (χ4n) is 1.96. The highest BCUT2D eigenvalue weighted by molar-refractivity contribution is 5.68. The predicted octanol–water partition coefficient (Wildman–Crippen LogP) is 2.43. The summed E-state index contributed by atoms with van der Waals surface area (Å²) in [7, 11) is 0. The Morgan fingerprint density at radius 3 is 2.83 bits per heavy atom. The van der Waals surface area contributed by atoms with E-state index in [0.29, 0.717) is 19.8 Å². The maximum absolute atomic E-state index is 12.0. The van der Waals surface area contributed by atoms with Crippen molar-refractivity contribution in [1.82, 2.24) is 4.90 Å². The van der Waals surface area contributed by atoms with Gasteiger partial charge in [-0.1, -0.05) is 30.3 Å². The van der Waals surface area contributed by atoms with Crippen LogP contribution in [-0.4, -0.2) is 36.3 Å². The van der Waals surface area contributed by atoms with Gasteiger partial charge < -0.3 is 14.4 Å². The Labute approximate surface area is 107 Å². The molecular weight excluding hydrogens is 230 g/mol. The predicted molar refractivity (Wildman–Crippen MR) is 68.2 cm³/mol. The van der Waals surface area contributed by atoms with Crippen molar-refractivity contribution in [3.05, 3.63) is 35.9 Å². The van der Waals surface area contributed by atoms with Crippen molar-refractivity contribution in [2.45, 2.75) is 32.6 Å². The van der Waals surface area contributed by atoms with Crippen LogP contribution in [0.1, 0.15) is 19.4 Å². The first-order valence-electron chi connectivity index (χ1n) is 6.25. The van der Waals surface area contributed by atoms with E-state index < -0.39 is 0 Å². The Bertz CT molecular complexity index is 393. The number of amides is 1. The minimum atomic E-state index is -0.262. The van der Waals surface area contributed by atoms with Gasteiger partial charge in [0.25, 0.3) is 0 Å². The van der Waals surface area contributed by atoms with Crippen LogP contribution in [0.25, 0.3) is 0 Å². The Morgan fingerprint density at radius 2 is 2.11 bits per heavy atom. The molecule has 0 spiro atoms. The quantitative estimate of drug-likeness (QED) is 0.808. The summed E-state index contributed by atoms with van der Waals surface area (Å²) in [4.78, 5) is 13.7. The second-order valence-electron chi connectivity index (χ2n) is 4.69. The van der Waals surface area contributed by atoms with Crippen molar-refractivity contribution >= 4 is 6.09 Å². The van der Waals surface area contributed by atoms with Crippen LogP contribution < -0.4 is 0 Å². The van der Waals surface area contributed by atoms with Crippen LogP contribution in [0.3, 0.4) is 0 Å². The van der Waals surface area contributed by atoms with Gasteiger partial charge in [0.05, 0.1) is 25.3 Å². The van der Waals surface area contributed by atoms with E-state index in [9.17, 15) is 4.79 Å². The van der Waals surface area contributed by atoms with Gasteiger partial charge in [0, 0.05) is 0 Å². The smallest absolute Gasteiger partial charge is 0.410 e. The number of hydrogen-bond acceptors (Lipinski definition) is 3. The highest BCUT2D eigenvalue weighted by Crippen LogP contribution is 2.13. The zero-order chi connectivity index (χ0) is 13.0. The van der Waals surface area contributed by atoms with Crippen molar-refractivity contribution in [3.8, 4) is 0 Å². The van der Waals surface area contributed by atoms with Crippen molar-refractivity contribution in [3.63, 3.8) is 0 Å². The molecule has 1 aliphatic heterocycles. The lowest BCUT2D eigenvalue weighted by atomic mass is 10.2. The standard InChI is InChI=1S/C14H19NO3/c1-11-9-17-12(2)8-15(11)14(16)18-10-13-6-4-3-5-7-13/h3-7,11-12H,8-10H2,1-2H3. The van der Waals surface area contributed by atoms with Crippen LogP contribution in [0.15, 0.2) is 30.3 Å². The maximum Gasteiger partial charge on any atom is 0.410 e. The van der Waals surface area contributed by atoms with Gasteiger partial charge in [0.2, 0.25) is 0 Å². The van der Waals surface area contributed by atoms with E-state index in [1.165, 1.54) is 0 Å². The van der Waals surface area contributed by atoms with E-state index in [4.69, 9.17) is 9.47 Å². The van der Waals surface area contributed by atoms with Crippen molar-refractivity contribution in [1.29, 1.82) is 0 Å². The van der Waals surface area contributed by atoms with Gasteiger partial charge in [-0.25, -0.2) is 4.79 Å². The highest BCUT2D eigenvalue weighted by atomic mass is 16.6. The van der Waals surface area contributed by atoms with Crippen molar-refractivity contribution in [2.24, 2.45) is 0 Å². The summed E-state index contributed by atoms with van der Waals surface area (Å²) >= 11 is 0. The second kappa shape index (κ2) is 5.87. The molecule has 0 aliphatic carbocycles. The molecule has 1 heterocycles. The van der Waals surface area contributed by atoms with Crippen LogP contribution >= 0.6 is 0 Å². The van der Waals surface area contributed by atoms with Crippen molar-refractivity contribution < 1.29 is 14.3 Å². The third-order valence-electron chi connectivity index (χ3n) is 3.05. The van der Waals surface area contributed by atoms with Gasteiger partial charge in [-0.05, 0) is 19.4 Å². The van der Waals surface area contributed by atoms with Gasteiger partial charge in [-0.15, -0.1) is 0 Å². The topological polar surface area (TPSA) is 38.8 Å². The van der Waals surface area contributed by atoms with Crippen molar-refractivity contribution in [2.75, 3.05) is 13.2 Å². The molecule has 0 radical (unpaired) electrons. The molecule has 2 atom stereocenters. The molecule has 18 heavy (non-hydrogen) atoms. The summed E-state index contributed by atoms with van der Waals surface area (Å²) in [5, 5.41) is 0. The molecule has 4 nitrogen and oxygen atoms in total. The largest absolute Gasteiger partial charge is 0.445 e. The molecule has 0 aromatic heterocycles. The lowest BCUT2D eigenvalue weighted by Gasteiger charge is -2.35. The fraction of sp³-hybridized carbons (Fsp3) is 0.500. The van der Waals surface area contributed by atoms with E-state index in [1.807, 2.05) is 44.2 Å². The molecule has 0 bridgehead atoms. The summed E-state index contributed by atoms with van der Waals surface area (Å²) < 4.78 is 10.8. The van der Waals surface area contributed by atoms with Crippen LogP contribution in [0.4, 0.5) is 4.79 Å². The summed E-state index contributed by atoms with van der Waals surface area (Å²) in [5.41, 5.74) is 1.000. The number of hydrogen-bond donors (Lipinski definition) is 0. The lowest BCUT2D eigenvalue weighted by molar-refractivity contribution is -0.0464. The number of morpholine rings is 1. The first-order chi connectivity index (χ1) is 8.66. The first kappa shape index (κ1) is 12.9. The minimum absolute atomic E-state index is 0.0736. The van der Waals surface area contributed by atoms with E-state index >= 15 is 0 Å². The number of rotatable bonds is 2. The van der Waals surface area contributed by atoms with Crippen LogP contribution in [0, 0.1) is 0 Å². The molecule has 0 N–H and O–H groups in total. The number of benzene rings is 1. The molecule has 1 fully saturated rings. The molecule has 2 rings (SSSR count). The van der Waals surface area contributed by atoms with Gasteiger partial charge in [-0.2, -0.15) is 0 Å². The van der Waals surface area contributed by atoms with E-state index in [1.54, 1.807) is 4.90 Å². The van der Waals surface area contributed by atoms with E-state index in [-0.39, 0.29) is 18.2 Å². The monoisotopic (exact) mass is 249 g/mol. The molecule has 1 saturated heterocycles. The molecule has 1 amide bonds. The summed E-state index contributed by atoms with van der Waals surface area (Å²) in [5.74, 6) is 0. The number of nitrogens with zero attached hydrogens (tertiary/aromatic N) is 1. The SMILES string of the molecule is CC1CN(C(=O)OCc2ccccc2)C(C)CO1. The van der Waals surface area contributed by atoms with Crippen LogP contribution in [-0.2, 0) is 16.1 Å². The Kier molecular flexibility index (Phi) is 4.20. The average molecular weight is 249 g/mol. The third-order valence-corrected chi connectivity index (χ3v) is 3.05. The van der Waals surface area contributed by atoms with E-state index in [2.05, 4.69) is 0 Å². The van der Waals surface area contributed by atoms with Crippen LogP contribution in [0.2, 0.25) is 0 Å². The van der Waals surface area contributed by atoms with E-state index in [0.717, 1.165) is 5.56 Å². The second-order valence-corrected chi connectivity index (χ2v) is 4.69. The molecule has 1 aliphatic rings. The zero-order valence-corrected chi connectivity index (χ0v) is 10.8. The average Bonchev–Trinajstić information content (AvgIpc) is 2.40. The Hall–Kier alpha value is -1.55. The Balaban J connectivity index is 1.87. The third kappa shape index (κ3) is 3.23. The molecule has 0 saturated carbocycles. The molecule has 2 unspecified atom stereocenters. The van der Waals surface area contributed by atoms with Gasteiger partial charge in [-0.3, -0.25) is 0 Å². The highest BCUT2D eigenvalue weighted by Gasteiger charge is 2.28.